The van der Waals surface area contributed by atoms with E-state index in [0.29, 0.717) is 6.10 Å². The van der Waals surface area contributed by atoms with Crippen molar-refractivity contribution in [3.8, 4) is 5.75 Å². The average Bonchev–Trinajstić information content (AvgIpc) is 2.92. The number of hydrogen-bond donors (Lipinski definition) is 0. The molecule has 0 aliphatic heterocycles. The standard InChI is InChI=1S/C14H17NOS/c1-14(2,3)9-6-11(16-10-4-5-10)13-12(7-9)17-8-15-13/h6-8,10H,4-5H2,1-3H3. The third kappa shape index (κ3) is 2.16. The zero-order valence-electron chi connectivity index (χ0n) is 10.5. The predicted octanol–water partition coefficient (Wildman–Crippen LogP) is 4.14. The number of fused-ring (bicyclic) bond motifs is 1. The molecule has 0 atom stereocenters. The van der Waals surface area contributed by atoms with Gasteiger partial charge in [-0.2, -0.15) is 0 Å². The van der Waals surface area contributed by atoms with E-state index in [0.717, 1.165) is 11.3 Å². The third-order valence-corrected chi connectivity index (χ3v) is 3.86. The Morgan fingerprint density at radius 2 is 2.06 bits per heavy atom. The number of benzene rings is 1. The summed E-state index contributed by atoms with van der Waals surface area (Å²) < 4.78 is 7.21. The second-order valence-corrected chi connectivity index (χ2v) is 6.63. The van der Waals surface area contributed by atoms with Crippen molar-refractivity contribution in [3.63, 3.8) is 0 Å². The van der Waals surface area contributed by atoms with E-state index in [-0.39, 0.29) is 5.41 Å². The number of aromatic nitrogens is 1. The summed E-state index contributed by atoms with van der Waals surface area (Å²) in [5, 5.41) is 0. The van der Waals surface area contributed by atoms with Crippen molar-refractivity contribution >= 4 is 21.6 Å². The van der Waals surface area contributed by atoms with E-state index in [1.165, 1.54) is 23.1 Å². The predicted molar refractivity (Wildman–Crippen MR) is 72.0 cm³/mol. The van der Waals surface area contributed by atoms with Crippen LogP contribution in [0.5, 0.6) is 5.75 Å². The van der Waals surface area contributed by atoms with Gasteiger partial charge in [0.15, 0.2) is 0 Å². The minimum atomic E-state index is 0.153. The van der Waals surface area contributed by atoms with Crippen LogP contribution in [0.2, 0.25) is 0 Å². The van der Waals surface area contributed by atoms with Crippen molar-refractivity contribution in [2.75, 3.05) is 0 Å². The first-order valence-electron chi connectivity index (χ1n) is 6.08. The molecule has 0 amide bonds. The second-order valence-electron chi connectivity index (χ2n) is 5.74. The maximum Gasteiger partial charge on any atom is 0.147 e. The third-order valence-electron chi connectivity index (χ3n) is 3.09. The Labute approximate surface area is 106 Å². The van der Waals surface area contributed by atoms with Crippen LogP contribution in [0.15, 0.2) is 17.6 Å². The summed E-state index contributed by atoms with van der Waals surface area (Å²) in [6.07, 6.45) is 2.80. The van der Waals surface area contributed by atoms with Crippen LogP contribution in [-0.2, 0) is 5.41 Å². The van der Waals surface area contributed by atoms with Gasteiger partial charge in [0.05, 0.1) is 16.3 Å². The minimum Gasteiger partial charge on any atom is -0.488 e. The fourth-order valence-corrected chi connectivity index (χ4v) is 2.56. The van der Waals surface area contributed by atoms with Crippen LogP contribution in [0.25, 0.3) is 10.2 Å². The summed E-state index contributed by atoms with van der Waals surface area (Å²) in [5.41, 5.74) is 4.40. The van der Waals surface area contributed by atoms with Crippen molar-refractivity contribution < 1.29 is 4.74 Å². The molecule has 2 nitrogen and oxygen atoms in total. The summed E-state index contributed by atoms with van der Waals surface area (Å²) in [6, 6.07) is 4.41. The molecule has 17 heavy (non-hydrogen) atoms. The molecular weight excluding hydrogens is 230 g/mol. The lowest BCUT2D eigenvalue weighted by molar-refractivity contribution is 0.305. The zero-order valence-corrected chi connectivity index (χ0v) is 11.3. The van der Waals surface area contributed by atoms with E-state index >= 15 is 0 Å². The van der Waals surface area contributed by atoms with Gasteiger partial charge in [-0.1, -0.05) is 20.8 Å². The Morgan fingerprint density at radius 1 is 1.29 bits per heavy atom. The lowest BCUT2D eigenvalue weighted by Crippen LogP contribution is -2.11. The number of rotatable bonds is 2. The molecule has 1 aromatic heterocycles. The van der Waals surface area contributed by atoms with Gasteiger partial charge < -0.3 is 4.74 Å². The summed E-state index contributed by atoms with van der Waals surface area (Å²) in [6.45, 7) is 6.70. The molecule has 1 aromatic carbocycles. The fourth-order valence-electron chi connectivity index (χ4n) is 1.82. The molecule has 0 radical (unpaired) electrons. The molecule has 90 valence electrons. The molecular formula is C14H17NOS. The quantitative estimate of drug-likeness (QED) is 0.796. The Bertz CT molecular complexity index is 549. The van der Waals surface area contributed by atoms with Gasteiger partial charge in [-0.05, 0) is 36.0 Å². The fraction of sp³-hybridized carbons (Fsp3) is 0.500. The molecule has 1 fully saturated rings. The Hall–Kier alpha value is -1.09. The highest BCUT2D eigenvalue weighted by Gasteiger charge is 2.26. The molecule has 1 aliphatic rings. The van der Waals surface area contributed by atoms with Crippen LogP contribution in [0.3, 0.4) is 0 Å². The monoisotopic (exact) mass is 247 g/mol. The van der Waals surface area contributed by atoms with E-state index in [4.69, 9.17) is 4.74 Å². The summed E-state index contributed by atoms with van der Waals surface area (Å²) >= 11 is 1.69. The number of hydrogen-bond acceptors (Lipinski definition) is 3. The Morgan fingerprint density at radius 3 is 2.71 bits per heavy atom. The first-order valence-corrected chi connectivity index (χ1v) is 6.96. The van der Waals surface area contributed by atoms with Crippen LogP contribution in [0.4, 0.5) is 0 Å². The maximum atomic E-state index is 5.98. The molecule has 3 heteroatoms. The maximum absolute atomic E-state index is 5.98. The first kappa shape index (κ1) is 11.0. The number of thiazole rings is 1. The summed E-state index contributed by atoms with van der Waals surface area (Å²) in [7, 11) is 0. The summed E-state index contributed by atoms with van der Waals surface area (Å²) in [5.74, 6) is 0.969. The highest BCUT2D eigenvalue weighted by Crippen LogP contribution is 2.37. The second kappa shape index (κ2) is 3.70. The van der Waals surface area contributed by atoms with Gasteiger partial charge >= 0.3 is 0 Å². The van der Waals surface area contributed by atoms with Gasteiger partial charge in [0.1, 0.15) is 11.3 Å². The highest BCUT2D eigenvalue weighted by molar-refractivity contribution is 7.16. The van der Waals surface area contributed by atoms with Crippen LogP contribution in [0, 0.1) is 0 Å². The molecule has 1 heterocycles. The molecule has 2 aromatic rings. The van der Waals surface area contributed by atoms with Gasteiger partial charge in [-0.25, -0.2) is 4.98 Å². The largest absolute Gasteiger partial charge is 0.488 e. The van der Waals surface area contributed by atoms with Gasteiger partial charge in [0.2, 0.25) is 0 Å². The molecule has 1 saturated carbocycles. The SMILES string of the molecule is CC(C)(C)c1cc(OC2CC2)c2ncsc2c1. The van der Waals surface area contributed by atoms with Crippen LogP contribution in [0.1, 0.15) is 39.2 Å². The highest BCUT2D eigenvalue weighted by atomic mass is 32.1. The lowest BCUT2D eigenvalue weighted by atomic mass is 9.87. The minimum absolute atomic E-state index is 0.153. The van der Waals surface area contributed by atoms with Crippen molar-refractivity contribution in [3.05, 3.63) is 23.2 Å². The van der Waals surface area contributed by atoms with Gasteiger partial charge in [0, 0.05) is 0 Å². The lowest BCUT2D eigenvalue weighted by Gasteiger charge is -2.20. The van der Waals surface area contributed by atoms with Crippen molar-refractivity contribution in [2.45, 2.75) is 45.1 Å². The molecule has 3 rings (SSSR count). The number of nitrogens with zero attached hydrogens (tertiary/aromatic N) is 1. The van der Waals surface area contributed by atoms with E-state index in [1.807, 2.05) is 5.51 Å². The van der Waals surface area contributed by atoms with Crippen LogP contribution < -0.4 is 4.74 Å². The van der Waals surface area contributed by atoms with Crippen molar-refractivity contribution in [1.29, 1.82) is 0 Å². The first-order chi connectivity index (χ1) is 8.04. The van der Waals surface area contributed by atoms with Gasteiger partial charge in [-0.3, -0.25) is 0 Å². The van der Waals surface area contributed by atoms with E-state index in [1.54, 1.807) is 11.3 Å². The summed E-state index contributed by atoms with van der Waals surface area (Å²) in [4.78, 5) is 4.42. The normalized spacial score (nSPS) is 16.4. The van der Waals surface area contributed by atoms with Crippen LogP contribution in [-0.4, -0.2) is 11.1 Å². The van der Waals surface area contributed by atoms with Gasteiger partial charge in [0.25, 0.3) is 0 Å². The average molecular weight is 247 g/mol. The molecule has 1 aliphatic carbocycles. The molecule has 0 saturated heterocycles. The Kier molecular flexibility index (Phi) is 2.40. The Balaban J connectivity index is 2.12. The smallest absolute Gasteiger partial charge is 0.147 e. The molecule has 0 N–H and O–H groups in total. The molecule has 0 bridgehead atoms. The van der Waals surface area contributed by atoms with Crippen molar-refractivity contribution in [1.82, 2.24) is 4.98 Å². The zero-order chi connectivity index (χ0) is 12.0. The van der Waals surface area contributed by atoms with E-state index in [2.05, 4.69) is 37.9 Å². The van der Waals surface area contributed by atoms with Crippen LogP contribution >= 0.6 is 11.3 Å². The van der Waals surface area contributed by atoms with Gasteiger partial charge in [-0.15, -0.1) is 11.3 Å². The molecule has 0 unspecified atom stereocenters. The van der Waals surface area contributed by atoms with Crippen molar-refractivity contribution in [2.24, 2.45) is 0 Å². The number of ether oxygens (including phenoxy) is 1. The topological polar surface area (TPSA) is 22.1 Å². The molecule has 0 spiro atoms. The van der Waals surface area contributed by atoms with E-state index in [9.17, 15) is 0 Å². The van der Waals surface area contributed by atoms with E-state index < -0.39 is 0 Å².